The van der Waals surface area contributed by atoms with Crippen LogP contribution in [0.25, 0.3) is 0 Å². The first kappa shape index (κ1) is 15.6. The van der Waals surface area contributed by atoms with E-state index in [1.54, 1.807) is 0 Å². The van der Waals surface area contributed by atoms with Gasteiger partial charge in [0.2, 0.25) is 0 Å². The summed E-state index contributed by atoms with van der Waals surface area (Å²) in [6.07, 6.45) is 3.37. The van der Waals surface area contributed by atoms with Crippen molar-refractivity contribution in [3.63, 3.8) is 0 Å². The zero-order valence-electron chi connectivity index (χ0n) is 13.6. The molecule has 0 spiro atoms. The van der Waals surface area contributed by atoms with Crippen molar-refractivity contribution in [1.29, 1.82) is 0 Å². The van der Waals surface area contributed by atoms with Crippen LogP contribution in [-0.2, 0) is 6.42 Å². The number of anilines is 1. The van der Waals surface area contributed by atoms with E-state index in [0.29, 0.717) is 4.75 Å². The number of nitrogens with two attached hydrogens (primary N) is 1. The van der Waals surface area contributed by atoms with Gasteiger partial charge in [-0.25, -0.2) is 4.98 Å². The van der Waals surface area contributed by atoms with Gasteiger partial charge in [0, 0.05) is 34.5 Å². The van der Waals surface area contributed by atoms with Crippen molar-refractivity contribution < 1.29 is 0 Å². The molecule has 1 aromatic heterocycles. The Balaban J connectivity index is 1.82. The number of fused-ring (bicyclic) bond motifs is 1. The minimum absolute atomic E-state index is 0.174. The third-order valence-electron chi connectivity index (χ3n) is 4.58. The molecule has 3 rings (SSSR count). The van der Waals surface area contributed by atoms with Crippen LogP contribution in [0.3, 0.4) is 0 Å². The van der Waals surface area contributed by atoms with Crippen molar-refractivity contribution in [2.45, 2.75) is 57.7 Å². The fourth-order valence-electron chi connectivity index (χ4n) is 3.33. The molecule has 21 heavy (non-hydrogen) atoms. The predicted molar refractivity (Wildman–Crippen MR) is 94.5 cm³/mol. The first-order valence-electron chi connectivity index (χ1n) is 7.90. The third-order valence-corrected chi connectivity index (χ3v) is 7.24. The lowest BCUT2D eigenvalue weighted by atomic mass is 9.77. The van der Waals surface area contributed by atoms with Crippen molar-refractivity contribution in [2.24, 2.45) is 11.1 Å². The van der Waals surface area contributed by atoms with E-state index in [1.807, 2.05) is 11.3 Å². The normalized spacial score (nSPS) is 28.0. The first-order chi connectivity index (χ1) is 9.76. The molecule has 0 radical (unpaired) electrons. The van der Waals surface area contributed by atoms with E-state index in [4.69, 9.17) is 10.7 Å². The van der Waals surface area contributed by atoms with Gasteiger partial charge >= 0.3 is 0 Å². The molecule has 1 unspecified atom stereocenters. The molecule has 2 N–H and O–H groups in total. The number of hydrogen-bond donors (Lipinski definition) is 1. The highest BCUT2D eigenvalue weighted by Gasteiger charge is 2.34. The lowest BCUT2D eigenvalue weighted by Crippen LogP contribution is -2.29. The number of aromatic nitrogens is 1. The maximum absolute atomic E-state index is 6.39. The molecular formula is C16H27N3S2. The second kappa shape index (κ2) is 5.43. The maximum Gasteiger partial charge on any atom is 0.185 e. The van der Waals surface area contributed by atoms with Gasteiger partial charge in [0.05, 0.1) is 5.69 Å². The minimum atomic E-state index is 0.174. The smallest absolute Gasteiger partial charge is 0.185 e. The summed E-state index contributed by atoms with van der Waals surface area (Å²) in [6.45, 7) is 11.5. The second-order valence-electron chi connectivity index (χ2n) is 7.80. The monoisotopic (exact) mass is 325 g/mol. The van der Waals surface area contributed by atoms with Gasteiger partial charge in [0.25, 0.3) is 0 Å². The van der Waals surface area contributed by atoms with Gasteiger partial charge in [0.15, 0.2) is 5.13 Å². The van der Waals surface area contributed by atoms with E-state index in [2.05, 4.69) is 44.4 Å². The van der Waals surface area contributed by atoms with E-state index in [9.17, 15) is 0 Å². The summed E-state index contributed by atoms with van der Waals surface area (Å²) in [7, 11) is 0. The van der Waals surface area contributed by atoms with Crippen LogP contribution in [-0.4, -0.2) is 28.6 Å². The van der Waals surface area contributed by atoms with Crippen LogP contribution in [0.2, 0.25) is 0 Å². The first-order valence-corrected chi connectivity index (χ1v) is 9.70. The van der Waals surface area contributed by atoms with E-state index in [0.717, 1.165) is 25.9 Å². The minimum Gasteiger partial charge on any atom is -0.347 e. The number of thiazole rings is 1. The number of thioether (sulfide) groups is 1. The Morgan fingerprint density at radius 1 is 1.24 bits per heavy atom. The number of nitrogens with zero attached hydrogens (tertiary/aromatic N) is 2. The SMILES string of the molecule is CC1(C)Cc2nc(N3CCSC(C)(C)CC3)sc2C(N)C1. The quantitative estimate of drug-likeness (QED) is 0.852. The Morgan fingerprint density at radius 2 is 2.00 bits per heavy atom. The molecule has 1 aromatic rings. The maximum atomic E-state index is 6.39. The average Bonchev–Trinajstić information content (AvgIpc) is 2.66. The van der Waals surface area contributed by atoms with E-state index < -0.39 is 0 Å². The molecule has 1 aliphatic carbocycles. The summed E-state index contributed by atoms with van der Waals surface area (Å²) in [5, 5.41) is 1.20. The lowest BCUT2D eigenvalue weighted by Gasteiger charge is -2.32. The molecule has 0 aromatic carbocycles. The van der Waals surface area contributed by atoms with Gasteiger partial charge in [0.1, 0.15) is 0 Å². The van der Waals surface area contributed by atoms with Gasteiger partial charge in [-0.05, 0) is 24.7 Å². The van der Waals surface area contributed by atoms with Gasteiger partial charge in [-0.15, -0.1) is 0 Å². The van der Waals surface area contributed by atoms with Gasteiger partial charge in [-0.3, -0.25) is 0 Å². The van der Waals surface area contributed by atoms with Gasteiger partial charge in [-0.1, -0.05) is 39.0 Å². The summed E-state index contributed by atoms with van der Waals surface area (Å²) < 4.78 is 0.393. The largest absolute Gasteiger partial charge is 0.347 e. The van der Waals surface area contributed by atoms with Crippen LogP contribution < -0.4 is 10.6 Å². The number of hydrogen-bond acceptors (Lipinski definition) is 5. The van der Waals surface area contributed by atoms with Crippen molar-refractivity contribution in [1.82, 2.24) is 4.98 Å². The molecule has 0 saturated carbocycles. The van der Waals surface area contributed by atoms with Crippen molar-refractivity contribution in [3.8, 4) is 0 Å². The third kappa shape index (κ3) is 3.40. The Hall–Kier alpha value is -0.260. The van der Waals surface area contributed by atoms with Crippen molar-refractivity contribution in [3.05, 3.63) is 10.6 Å². The second-order valence-corrected chi connectivity index (χ2v) is 10.6. The molecule has 3 nitrogen and oxygen atoms in total. The number of rotatable bonds is 1. The molecule has 2 heterocycles. The van der Waals surface area contributed by atoms with Crippen LogP contribution in [0.5, 0.6) is 0 Å². The van der Waals surface area contributed by atoms with Crippen LogP contribution >= 0.6 is 23.1 Å². The van der Waals surface area contributed by atoms with Crippen LogP contribution in [0.4, 0.5) is 5.13 Å². The van der Waals surface area contributed by atoms with Crippen LogP contribution in [0.1, 0.15) is 57.1 Å². The van der Waals surface area contributed by atoms with Crippen molar-refractivity contribution >= 4 is 28.2 Å². The molecule has 1 saturated heterocycles. The molecule has 118 valence electrons. The highest BCUT2D eigenvalue weighted by atomic mass is 32.2. The van der Waals surface area contributed by atoms with Crippen molar-refractivity contribution in [2.75, 3.05) is 23.7 Å². The summed E-state index contributed by atoms with van der Waals surface area (Å²) in [5.74, 6) is 1.19. The summed E-state index contributed by atoms with van der Waals surface area (Å²) in [4.78, 5) is 8.78. The average molecular weight is 326 g/mol. The van der Waals surface area contributed by atoms with Crippen LogP contribution in [0.15, 0.2) is 0 Å². The van der Waals surface area contributed by atoms with Crippen LogP contribution in [0, 0.1) is 5.41 Å². The molecule has 1 fully saturated rings. The van der Waals surface area contributed by atoms with E-state index in [1.165, 1.54) is 27.9 Å². The fraction of sp³-hybridized carbons (Fsp3) is 0.812. The van der Waals surface area contributed by atoms with E-state index in [-0.39, 0.29) is 11.5 Å². The summed E-state index contributed by atoms with van der Waals surface area (Å²) in [5.41, 5.74) is 7.93. The molecule has 2 aliphatic rings. The zero-order chi connectivity index (χ0) is 15.3. The molecule has 0 amide bonds. The Bertz CT molecular complexity index is 522. The lowest BCUT2D eigenvalue weighted by molar-refractivity contribution is 0.282. The highest BCUT2D eigenvalue weighted by Crippen LogP contribution is 2.44. The molecule has 1 aliphatic heterocycles. The summed E-state index contributed by atoms with van der Waals surface area (Å²) >= 11 is 3.93. The Kier molecular flexibility index (Phi) is 4.04. The predicted octanol–water partition coefficient (Wildman–Crippen LogP) is 3.84. The highest BCUT2D eigenvalue weighted by molar-refractivity contribution is 8.00. The molecule has 0 bridgehead atoms. The zero-order valence-corrected chi connectivity index (χ0v) is 15.2. The van der Waals surface area contributed by atoms with Gasteiger partial charge in [-0.2, -0.15) is 11.8 Å². The molecule has 5 heteroatoms. The molecule has 1 atom stereocenters. The fourth-order valence-corrected chi connectivity index (χ4v) is 5.56. The molecular weight excluding hydrogens is 298 g/mol. The standard InChI is InChI=1S/C16H27N3S2/c1-15(2)9-11(17)13-12(10-15)18-14(21-13)19-6-5-16(3,4)20-8-7-19/h11H,5-10,17H2,1-4H3. The topological polar surface area (TPSA) is 42.2 Å². The Labute approximate surface area is 136 Å². The van der Waals surface area contributed by atoms with Gasteiger partial charge < -0.3 is 10.6 Å². The summed E-state index contributed by atoms with van der Waals surface area (Å²) in [6, 6.07) is 0.174. The Morgan fingerprint density at radius 3 is 2.76 bits per heavy atom. The van der Waals surface area contributed by atoms with E-state index >= 15 is 0 Å².